The molecule has 0 saturated heterocycles. The molecule has 0 aliphatic carbocycles. The summed E-state index contributed by atoms with van der Waals surface area (Å²) in [5.74, 6) is 0.247. The van der Waals surface area contributed by atoms with Crippen LogP contribution in [0.5, 0.6) is 0 Å². The van der Waals surface area contributed by atoms with Crippen molar-refractivity contribution in [3.8, 4) is 0 Å². The summed E-state index contributed by atoms with van der Waals surface area (Å²) in [5, 5.41) is 18.7. The van der Waals surface area contributed by atoms with Gasteiger partial charge in [0.2, 0.25) is 5.91 Å². The zero-order valence-corrected chi connectivity index (χ0v) is 16.3. The number of anilines is 2. The number of carbonyl (C=O) groups is 1. The van der Waals surface area contributed by atoms with Gasteiger partial charge in [0.05, 0.1) is 11.1 Å². The molecule has 2 heterocycles. The topological polar surface area (TPSA) is 114 Å². The molecule has 0 bridgehead atoms. The van der Waals surface area contributed by atoms with E-state index in [4.69, 9.17) is 0 Å². The van der Waals surface area contributed by atoms with Crippen molar-refractivity contribution in [3.63, 3.8) is 0 Å². The zero-order chi connectivity index (χ0) is 21.6. The third-order valence-corrected chi connectivity index (χ3v) is 4.53. The third kappa shape index (κ3) is 4.73. The lowest BCUT2D eigenvalue weighted by Crippen LogP contribution is -2.18. The van der Waals surface area contributed by atoms with E-state index < -0.39 is 4.92 Å². The number of nitrogens with one attached hydrogen (secondary N) is 2. The molecular formula is C22H18N6O3. The van der Waals surface area contributed by atoms with Crippen molar-refractivity contribution in [1.29, 1.82) is 0 Å². The SMILES string of the molecule is O=C(Cn1cc(/C=N/Nc2ccc([N+](=O)[O-])cn2)c2ccccc21)Nc1ccccc1. The number of fused-ring (bicyclic) bond motifs is 1. The summed E-state index contributed by atoms with van der Waals surface area (Å²) in [4.78, 5) is 26.6. The molecule has 0 saturated carbocycles. The minimum absolute atomic E-state index is 0.0913. The van der Waals surface area contributed by atoms with Crippen LogP contribution in [-0.2, 0) is 11.3 Å². The molecule has 2 aromatic heterocycles. The molecular weight excluding hydrogens is 396 g/mol. The molecule has 0 aliphatic rings. The molecule has 0 atom stereocenters. The summed E-state index contributed by atoms with van der Waals surface area (Å²) in [5.41, 5.74) is 5.12. The Bertz CT molecular complexity index is 1250. The van der Waals surface area contributed by atoms with E-state index in [2.05, 4.69) is 20.8 Å². The fourth-order valence-electron chi connectivity index (χ4n) is 3.11. The van der Waals surface area contributed by atoms with E-state index in [1.54, 1.807) is 6.21 Å². The van der Waals surface area contributed by atoms with Gasteiger partial charge in [-0.25, -0.2) is 4.98 Å². The molecule has 0 fully saturated rings. The Hall–Kier alpha value is -4.53. The number of hydrazone groups is 1. The predicted molar refractivity (Wildman–Crippen MR) is 119 cm³/mol. The average Bonchev–Trinajstić information content (AvgIpc) is 3.12. The quantitative estimate of drug-likeness (QED) is 0.269. The summed E-state index contributed by atoms with van der Waals surface area (Å²) in [6.07, 6.45) is 4.63. The van der Waals surface area contributed by atoms with Crippen LogP contribution in [0.4, 0.5) is 17.2 Å². The van der Waals surface area contributed by atoms with Gasteiger partial charge in [0, 0.05) is 34.4 Å². The molecule has 31 heavy (non-hydrogen) atoms. The van der Waals surface area contributed by atoms with Gasteiger partial charge in [-0.1, -0.05) is 36.4 Å². The minimum Gasteiger partial charge on any atom is -0.337 e. The predicted octanol–water partition coefficient (Wildman–Crippen LogP) is 4.03. The first kappa shape index (κ1) is 19.8. The highest BCUT2D eigenvalue weighted by Crippen LogP contribution is 2.20. The van der Waals surface area contributed by atoms with Crippen molar-refractivity contribution in [2.75, 3.05) is 10.7 Å². The Morgan fingerprint density at radius 2 is 1.87 bits per heavy atom. The van der Waals surface area contributed by atoms with Crippen LogP contribution >= 0.6 is 0 Å². The molecule has 0 spiro atoms. The monoisotopic (exact) mass is 414 g/mol. The van der Waals surface area contributed by atoms with Crippen LogP contribution in [-0.4, -0.2) is 26.6 Å². The maximum atomic E-state index is 12.5. The number of hydrogen-bond donors (Lipinski definition) is 2. The summed E-state index contributed by atoms with van der Waals surface area (Å²) < 4.78 is 1.86. The lowest BCUT2D eigenvalue weighted by molar-refractivity contribution is -0.385. The van der Waals surface area contributed by atoms with Crippen molar-refractivity contribution < 1.29 is 9.72 Å². The first-order chi connectivity index (χ1) is 15.1. The smallest absolute Gasteiger partial charge is 0.287 e. The van der Waals surface area contributed by atoms with Crippen molar-refractivity contribution in [3.05, 3.63) is 94.8 Å². The standard InChI is InChI=1S/C22H18N6O3/c29-22(25-17-6-2-1-3-7-17)15-27-14-16(19-8-4-5-9-20(19)27)12-24-26-21-11-10-18(13-23-21)28(30)31/h1-14H,15H2,(H,23,26)(H,25,29)/b24-12+. The number of rotatable bonds is 7. The van der Waals surface area contributed by atoms with Gasteiger partial charge in [0.1, 0.15) is 18.6 Å². The number of pyridine rings is 1. The number of nitrogens with zero attached hydrogens (tertiary/aromatic N) is 4. The fourth-order valence-corrected chi connectivity index (χ4v) is 3.11. The Labute approximate surface area is 177 Å². The highest BCUT2D eigenvalue weighted by molar-refractivity contribution is 6.00. The molecule has 154 valence electrons. The molecule has 4 rings (SSSR count). The van der Waals surface area contributed by atoms with Crippen LogP contribution in [0.1, 0.15) is 5.56 Å². The van der Waals surface area contributed by atoms with E-state index in [1.807, 2.05) is 65.4 Å². The fraction of sp³-hybridized carbons (Fsp3) is 0.0455. The number of aromatic nitrogens is 2. The summed E-state index contributed by atoms with van der Waals surface area (Å²) in [6.45, 7) is 0.153. The van der Waals surface area contributed by atoms with E-state index in [-0.39, 0.29) is 18.1 Å². The normalized spacial score (nSPS) is 11.0. The second kappa shape index (κ2) is 8.87. The lowest BCUT2D eigenvalue weighted by atomic mass is 10.2. The van der Waals surface area contributed by atoms with Crippen LogP contribution in [0.3, 0.4) is 0 Å². The van der Waals surface area contributed by atoms with Crippen molar-refractivity contribution >= 4 is 40.2 Å². The maximum absolute atomic E-state index is 12.5. The van der Waals surface area contributed by atoms with E-state index in [9.17, 15) is 14.9 Å². The first-order valence-corrected chi connectivity index (χ1v) is 9.42. The van der Waals surface area contributed by atoms with Gasteiger partial charge < -0.3 is 9.88 Å². The average molecular weight is 414 g/mol. The maximum Gasteiger partial charge on any atom is 0.287 e. The van der Waals surface area contributed by atoms with Crippen LogP contribution in [0.25, 0.3) is 10.9 Å². The van der Waals surface area contributed by atoms with Crippen LogP contribution in [0.15, 0.2) is 84.2 Å². The number of benzene rings is 2. The molecule has 2 N–H and O–H groups in total. The van der Waals surface area contributed by atoms with Gasteiger partial charge >= 0.3 is 0 Å². The second-order valence-electron chi connectivity index (χ2n) is 6.67. The van der Waals surface area contributed by atoms with Gasteiger partial charge in [0.15, 0.2) is 0 Å². The van der Waals surface area contributed by atoms with Crippen LogP contribution in [0, 0.1) is 10.1 Å². The van der Waals surface area contributed by atoms with E-state index >= 15 is 0 Å². The van der Waals surface area contributed by atoms with Gasteiger partial charge in [-0.05, 0) is 24.3 Å². The van der Waals surface area contributed by atoms with E-state index in [1.165, 1.54) is 12.1 Å². The summed E-state index contributed by atoms with van der Waals surface area (Å²) >= 11 is 0. The van der Waals surface area contributed by atoms with Gasteiger partial charge in [0.25, 0.3) is 5.69 Å². The summed E-state index contributed by atoms with van der Waals surface area (Å²) in [6, 6.07) is 19.8. The van der Waals surface area contributed by atoms with E-state index in [0.29, 0.717) is 5.82 Å². The lowest BCUT2D eigenvalue weighted by Gasteiger charge is -2.07. The summed E-state index contributed by atoms with van der Waals surface area (Å²) in [7, 11) is 0. The van der Waals surface area contributed by atoms with Gasteiger partial charge in [-0.15, -0.1) is 0 Å². The zero-order valence-electron chi connectivity index (χ0n) is 16.3. The molecule has 1 amide bonds. The molecule has 2 aromatic carbocycles. The van der Waals surface area contributed by atoms with Gasteiger partial charge in [-0.3, -0.25) is 20.3 Å². The Morgan fingerprint density at radius 3 is 2.61 bits per heavy atom. The Morgan fingerprint density at radius 1 is 1.10 bits per heavy atom. The van der Waals surface area contributed by atoms with Crippen molar-refractivity contribution in [1.82, 2.24) is 9.55 Å². The molecule has 0 unspecified atom stereocenters. The first-order valence-electron chi connectivity index (χ1n) is 9.42. The highest BCUT2D eigenvalue weighted by atomic mass is 16.6. The van der Waals surface area contributed by atoms with Crippen LogP contribution in [0.2, 0.25) is 0 Å². The minimum atomic E-state index is -0.511. The number of amides is 1. The highest BCUT2D eigenvalue weighted by Gasteiger charge is 2.10. The molecule has 0 aliphatic heterocycles. The third-order valence-electron chi connectivity index (χ3n) is 4.53. The van der Waals surface area contributed by atoms with Crippen LogP contribution < -0.4 is 10.7 Å². The number of nitro groups is 1. The number of carbonyl (C=O) groups excluding carboxylic acids is 1. The second-order valence-corrected chi connectivity index (χ2v) is 6.67. The molecule has 9 heteroatoms. The largest absolute Gasteiger partial charge is 0.337 e. The van der Waals surface area contributed by atoms with Crippen molar-refractivity contribution in [2.45, 2.75) is 6.54 Å². The Kier molecular flexibility index (Phi) is 5.66. The molecule has 4 aromatic rings. The molecule has 0 radical (unpaired) electrons. The Balaban J connectivity index is 1.50. The van der Waals surface area contributed by atoms with E-state index in [0.717, 1.165) is 28.4 Å². The van der Waals surface area contributed by atoms with Crippen molar-refractivity contribution in [2.24, 2.45) is 5.10 Å². The molecule has 9 nitrogen and oxygen atoms in total. The number of para-hydroxylation sites is 2. The van der Waals surface area contributed by atoms with Gasteiger partial charge in [-0.2, -0.15) is 5.10 Å². The number of hydrogen-bond acceptors (Lipinski definition) is 6.